The molecule has 0 spiro atoms. The molecule has 126 valence electrons. The van der Waals surface area contributed by atoms with Gasteiger partial charge in [0.05, 0.1) is 5.52 Å². The van der Waals surface area contributed by atoms with Crippen molar-refractivity contribution in [2.24, 2.45) is 0 Å². The van der Waals surface area contributed by atoms with Crippen LogP contribution in [0.3, 0.4) is 0 Å². The first-order valence-electron chi connectivity index (χ1n) is 7.80. The number of hydrogen-bond donors (Lipinski definition) is 1. The molecule has 3 rings (SSSR count). The minimum atomic E-state index is 0. The van der Waals surface area contributed by atoms with E-state index >= 15 is 0 Å². The molecule has 0 aliphatic rings. The Morgan fingerprint density at radius 2 is 1.88 bits per heavy atom. The lowest BCUT2D eigenvalue weighted by Crippen LogP contribution is -2.16. The van der Waals surface area contributed by atoms with Crippen molar-refractivity contribution in [2.45, 2.75) is 6.42 Å². The average molecular weight is 344 g/mol. The predicted octanol–water partition coefficient (Wildman–Crippen LogP) is 3.48. The van der Waals surface area contributed by atoms with Gasteiger partial charge in [-0.05, 0) is 51.3 Å². The van der Waals surface area contributed by atoms with E-state index in [2.05, 4.69) is 40.3 Å². The molecule has 3 aromatic rings. The van der Waals surface area contributed by atoms with Crippen molar-refractivity contribution >= 4 is 29.1 Å². The second-order valence-corrected chi connectivity index (χ2v) is 5.74. The van der Waals surface area contributed by atoms with Crippen molar-refractivity contribution in [3.8, 4) is 11.4 Å². The van der Waals surface area contributed by atoms with E-state index in [0.717, 1.165) is 41.8 Å². The van der Waals surface area contributed by atoms with Gasteiger partial charge in [-0.2, -0.15) is 0 Å². The highest BCUT2D eigenvalue weighted by molar-refractivity contribution is 5.90. The van der Waals surface area contributed by atoms with Crippen LogP contribution in [-0.2, 0) is 0 Å². The summed E-state index contributed by atoms with van der Waals surface area (Å²) >= 11 is 0. The Hall–Kier alpha value is -2.24. The van der Waals surface area contributed by atoms with Gasteiger partial charge in [0.25, 0.3) is 0 Å². The van der Waals surface area contributed by atoms with Gasteiger partial charge in [-0.1, -0.05) is 12.1 Å². The Balaban J connectivity index is 0.00000208. The molecule has 0 amide bonds. The van der Waals surface area contributed by atoms with Crippen molar-refractivity contribution in [1.82, 2.24) is 19.9 Å². The zero-order valence-corrected chi connectivity index (χ0v) is 14.8. The highest BCUT2D eigenvalue weighted by Crippen LogP contribution is 2.24. The van der Waals surface area contributed by atoms with Gasteiger partial charge in [0.2, 0.25) is 0 Å². The molecule has 5 nitrogen and oxygen atoms in total. The lowest BCUT2D eigenvalue weighted by molar-refractivity contribution is 0.405. The molecule has 0 atom stereocenters. The minimum Gasteiger partial charge on any atom is -0.369 e. The van der Waals surface area contributed by atoms with Gasteiger partial charge in [-0.15, -0.1) is 12.4 Å². The Kier molecular flexibility index (Phi) is 6.46. The maximum atomic E-state index is 4.71. The SMILES string of the molecule is CN(C)CCCNc1nc(-c2cccnc2)nc2ccccc12.Cl. The fourth-order valence-corrected chi connectivity index (χ4v) is 2.44. The molecule has 0 aliphatic carbocycles. The zero-order valence-electron chi connectivity index (χ0n) is 13.9. The van der Waals surface area contributed by atoms with Crippen LogP contribution in [0.2, 0.25) is 0 Å². The van der Waals surface area contributed by atoms with Crippen LogP contribution in [0.4, 0.5) is 5.82 Å². The van der Waals surface area contributed by atoms with Crippen molar-refractivity contribution in [1.29, 1.82) is 0 Å². The van der Waals surface area contributed by atoms with Crippen LogP contribution in [0.1, 0.15) is 6.42 Å². The Morgan fingerprint density at radius 1 is 1.04 bits per heavy atom. The first-order valence-corrected chi connectivity index (χ1v) is 7.80. The number of pyridine rings is 1. The van der Waals surface area contributed by atoms with Crippen LogP contribution in [-0.4, -0.2) is 47.0 Å². The van der Waals surface area contributed by atoms with Crippen LogP contribution in [0.15, 0.2) is 48.8 Å². The molecule has 24 heavy (non-hydrogen) atoms. The number of benzene rings is 1. The number of nitrogens with one attached hydrogen (secondary N) is 1. The van der Waals surface area contributed by atoms with E-state index in [1.165, 1.54) is 0 Å². The first-order chi connectivity index (χ1) is 11.2. The highest BCUT2D eigenvalue weighted by atomic mass is 35.5. The number of halogens is 1. The molecule has 6 heteroatoms. The number of fused-ring (bicyclic) bond motifs is 1. The lowest BCUT2D eigenvalue weighted by Gasteiger charge is -2.12. The summed E-state index contributed by atoms with van der Waals surface area (Å²) in [7, 11) is 4.17. The van der Waals surface area contributed by atoms with Crippen molar-refractivity contribution in [3.05, 3.63) is 48.8 Å². The highest BCUT2D eigenvalue weighted by Gasteiger charge is 2.09. The maximum Gasteiger partial charge on any atom is 0.163 e. The third-order valence-corrected chi connectivity index (χ3v) is 3.60. The van der Waals surface area contributed by atoms with Crippen LogP contribution in [0.25, 0.3) is 22.3 Å². The summed E-state index contributed by atoms with van der Waals surface area (Å²) in [6, 6.07) is 12.0. The van der Waals surface area contributed by atoms with Gasteiger partial charge in [-0.3, -0.25) is 4.98 Å². The Labute approximate surface area is 148 Å². The summed E-state index contributed by atoms with van der Waals surface area (Å²) < 4.78 is 0. The smallest absolute Gasteiger partial charge is 0.163 e. The predicted molar refractivity (Wildman–Crippen MR) is 102 cm³/mol. The van der Waals surface area contributed by atoms with Crippen molar-refractivity contribution in [2.75, 3.05) is 32.5 Å². The van der Waals surface area contributed by atoms with E-state index in [4.69, 9.17) is 4.98 Å². The van der Waals surface area contributed by atoms with E-state index in [-0.39, 0.29) is 12.4 Å². The van der Waals surface area contributed by atoms with Gasteiger partial charge in [-0.25, -0.2) is 9.97 Å². The van der Waals surface area contributed by atoms with Crippen molar-refractivity contribution < 1.29 is 0 Å². The molecule has 2 aromatic heterocycles. The first kappa shape index (κ1) is 18.1. The molecular formula is C18H22ClN5. The molecule has 0 unspecified atom stereocenters. The summed E-state index contributed by atoms with van der Waals surface area (Å²) in [5.74, 6) is 1.58. The van der Waals surface area contributed by atoms with E-state index in [1.54, 1.807) is 12.4 Å². The second kappa shape index (κ2) is 8.57. The number of para-hydroxylation sites is 1. The standard InChI is InChI=1S/C18H21N5.ClH/c1-23(2)12-6-11-20-18-15-8-3-4-9-16(15)21-17(22-18)14-7-5-10-19-13-14;/h3-5,7-10,13H,6,11-12H2,1-2H3,(H,20,21,22);1H. The van der Waals surface area contributed by atoms with E-state index < -0.39 is 0 Å². The Bertz CT molecular complexity index is 777. The third kappa shape index (κ3) is 4.40. The number of nitrogens with zero attached hydrogens (tertiary/aromatic N) is 4. The van der Waals surface area contributed by atoms with Crippen molar-refractivity contribution in [3.63, 3.8) is 0 Å². The van der Waals surface area contributed by atoms with Crippen LogP contribution in [0.5, 0.6) is 0 Å². The van der Waals surface area contributed by atoms with E-state index in [0.29, 0.717) is 5.82 Å². The number of anilines is 1. The van der Waals surface area contributed by atoms with Gasteiger partial charge in [0.15, 0.2) is 5.82 Å². The van der Waals surface area contributed by atoms with Gasteiger partial charge < -0.3 is 10.2 Å². The molecule has 0 saturated heterocycles. The van der Waals surface area contributed by atoms with E-state index in [9.17, 15) is 0 Å². The number of rotatable bonds is 6. The number of aromatic nitrogens is 3. The maximum absolute atomic E-state index is 4.71. The van der Waals surface area contributed by atoms with E-state index in [1.807, 2.05) is 30.3 Å². The van der Waals surface area contributed by atoms with Gasteiger partial charge in [0, 0.05) is 29.9 Å². The fraction of sp³-hybridized carbons (Fsp3) is 0.278. The molecule has 2 heterocycles. The zero-order chi connectivity index (χ0) is 16.1. The van der Waals surface area contributed by atoms with Gasteiger partial charge in [0.1, 0.15) is 5.82 Å². The monoisotopic (exact) mass is 343 g/mol. The van der Waals surface area contributed by atoms with Crippen LogP contribution < -0.4 is 5.32 Å². The molecule has 0 radical (unpaired) electrons. The Morgan fingerprint density at radius 3 is 2.62 bits per heavy atom. The molecule has 1 aromatic carbocycles. The quantitative estimate of drug-likeness (QED) is 0.694. The topological polar surface area (TPSA) is 53.9 Å². The average Bonchev–Trinajstić information content (AvgIpc) is 2.59. The third-order valence-electron chi connectivity index (χ3n) is 3.60. The molecule has 0 fully saturated rings. The molecule has 1 N–H and O–H groups in total. The molecule has 0 bridgehead atoms. The minimum absolute atomic E-state index is 0. The summed E-state index contributed by atoms with van der Waals surface area (Å²) in [5, 5.41) is 4.50. The second-order valence-electron chi connectivity index (χ2n) is 5.74. The molecule has 0 aliphatic heterocycles. The lowest BCUT2D eigenvalue weighted by atomic mass is 10.2. The van der Waals surface area contributed by atoms with Crippen LogP contribution in [0, 0.1) is 0 Å². The summed E-state index contributed by atoms with van der Waals surface area (Å²) in [5.41, 5.74) is 1.87. The molecular weight excluding hydrogens is 322 g/mol. The molecule has 0 saturated carbocycles. The summed E-state index contributed by atoms with van der Waals surface area (Å²) in [6.07, 6.45) is 4.61. The van der Waals surface area contributed by atoms with Crippen LogP contribution >= 0.6 is 12.4 Å². The fourth-order valence-electron chi connectivity index (χ4n) is 2.44. The summed E-state index contributed by atoms with van der Waals surface area (Å²) in [4.78, 5) is 15.7. The number of hydrogen-bond acceptors (Lipinski definition) is 5. The van der Waals surface area contributed by atoms with Gasteiger partial charge >= 0.3 is 0 Å². The normalized spacial score (nSPS) is 10.6. The summed E-state index contributed by atoms with van der Waals surface area (Å²) in [6.45, 7) is 1.93. The largest absolute Gasteiger partial charge is 0.369 e.